The van der Waals surface area contributed by atoms with Crippen LogP contribution in [0, 0.1) is 12.7 Å². The van der Waals surface area contributed by atoms with Crippen molar-refractivity contribution in [1.29, 1.82) is 0 Å². The van der Waals surface area contributed by atoms with Gasteiger partial charge in [-0.1, -0.05) is 6.07 Å². The fourth-order valence-corrected chi connectivity index (χ4v) is 3.08. The Kier molecular flexibility index (Phi) is 5.30. The van der Waals surface area contributed by atoms with E-state index in [1.165, 1.54) is 17.0 Å². The quantitative estimate of drug-likeness (QED) is 0.899. The van der Waals surface area contributed by atoms with E-state index in [1.54, 1.807) is 44.1 Å². The molecule has 0 spiro atoms. The average molecular weight is 371 g/mol. The molecule has 1 atom stereocenters. The first-order chi connectivity index (χ1) is 12.9. The van der Waals surface area contributed by atoms with E-state index in [4.69, 9.17) is 4.74 Å². The number of halogens is 1. The predicted octanol–water partition coefficient (Wildman–Crippen LogP) is 3.41. The van der Waals surface area contributed by atoms with Crippen LogP contribution in [0.5, 0.6) is 5.75 Å². The van der Waals surface area contributed by atoms with E-state index in [0.29, 0.717) is 24.5 Å². The predicted molar refractivity (Wildman–Crippen MR) is 102 cm³/mol. The zero-order valence-corrected chi connectivity index (χ0v) is 15.5. The Labute approximate surface area is 157 Å². The van der Waals surface area contributed by atoms with Crippen molar-refractivity contribution in [1.82, 2.24) is 4.90 Å². The van der Waals surface area contributed by atoms with Gasteiger partial charge in [0, 0.05) is 24.5 Å². The Morgan fingerprint density at radius 2 is 1.89 bits per heavy atom. The van der Waals surface area contributed by atoms with Crippen molar-refractivity contribution in [3.05, 3.63) is 53.8 Å². The van der Waals surface area contributed by atoms with E-state index in [-0.39, 0.29) is 5.91 Å². The van der Waals surface area contributed by atoms with E-state index in [1.807, 2.05) is 12.1 Å². The van der Waals surface area contributed by atoms with E-state index in [2.05, 4.69) is 5.32 Å². The number of hydrogen-bond acceptors (Lipinski definition) is 3. The Balaban J connectivity index is 1.71. The first-order valence-electron chi connectivity index (χ1n) is 8.70. The zero-order chi connectivity index (χ0) is 19.6. The van der Waals surface area contributed by atoms with Gasteiger partial charge < -0.3 is 19.9 Å². The molecule has 27 heavy (non-hydrogen) atoms. The minimum Gasteiger partial charge on any atom is -0.497 e. The third-order valence-corrected chi connectivity index (χ3v) is 4.74. The van der Waals surface area contributed by atoms with Crippen LogP contribution in [0.2, 0.25) is 0 Å². The maximum absolute atomic E-state index is 13.4. The van der Waals surface area contributed by atoms with Gasteiger partial charge in [0.1, 0.15) is 17.6 Å². The summed E-state index contributed by atoms with van der Waals surface area (Å²) in [6, 6.07) is 10.4. The number of rotatable bonds is 3. The van der Waals surface area contributed by atoms with Gasteiger partial charge in [-0.25, -0.2) is 9.18 Å². The summed E-state index contributed by atoms with van der Waals surface area (Å²) in [6.07, 6.45) is 0. The molecule has 1 heterocycles. The number of anilines is 2. The highest BCUT2D eigenvalue weighted by molar-refractivity contribution is 6.02. The van der Waals surface area contributed by atoms with Crippen LogP contribution < -0.4 is 15.0 Å². The Morgan fingerprint density at radius 3 is 2.56 bits per heavy atom. The lowest BCUT2D eigenvalue weighted by Crippen LogP contribution is -2.58. The molecular formula is C20H22FN3O3. The van der Waals surface area contributed by atoms with Crippen molar-refractivity contribution in [2.45, 2.75) is 19.9 Å². The number of benzene rings is 2. The Bertz CT molecular complexity index is 854. The highest BCUT2D eigenvalue weighted by atomic mass is 19.1. The third-order valence-electron chi connectivity index (χ3n) is 4.74. The number of ether oxygens (including phenoxy) is 1. The van der Waals surface area contributed by atoms with Crippen LogP contribution in [0.4, 0.5) is 20.6 Å². The molecule has 2 aromatic carbocycles. The van der Waals surface area contributed by atoms with Crippen molar-refractivity contribution in [2.24, 2.45) is 0 Å². The number of nitrogens with zero attached hydrogens (tertiary/aromatic N) is 2. The van der Waals surface area contributed by atoms with E-state index >= 15 is 0 Å². The molecule has 0 radical (unpaired) electrons. The van der Waals surface area contributed by atoms with Crippen LogP contribution in [0.15, 0.2) is 42.5 Å². The monoisotopic (exact) mass is 371 g/mol. The minimum absolute atomic E-state index is 0.169. The summed E-state index contributed by atoms with van der Waals surface area (Å²) in [4.78, 5) is 28.5. The van der Waals surface area contributed by atoms with Crippen LogP contribution in [0.1, 0.15) is 12.5 Å². The number of carbonyl (C=O) groups is 2. The summed E-state index contributed by atoms with van der Waals surface area (Å²) in [7, 11) is 1.58. The van der Waals surface area contributed by atoms with Gasteiger partial charge in [0.25, 0.3) is 0 Å². The van der Waals surface area contributed by atoms with Crippen LogP contribution in [0.3, 0.4) is 0 Å². The largest absolute Gasteiger partial charge is 0.497 e. The molecule has 3 rings (SSSR count). The number of aryl methyl sites for hydroxylation is 1. The summed E-state index contributed by atoms with van der Waals surface area (Å²) in [5, 5.41) is 2.70. The molecule has 3 amide bonds. The van der Waals surface area contributed by atoms with Gasteiger partial charge in [0.2, 0.25) is 5.91 Å². The third kappa shape index (κ3) is 3.86. The molecule has 142 valence electrons. The van der Waals surface area contributed by atoms with E-state index in [0.717, 1.165) is 11.3 Å². The topological polar surface area (TPSA) is 61.9 Å². The van der Waals surface area contributed by atoms with E-state index in [9.17, 15) is 14.0 Å². The Hall–Kier alpha value is -3.09. The summed E-state index contributed by atoms with van der Waals surface area (Å²) < 4.78 is 18.6. The normalized spacial score (nSPS) is 17.0. The molecule has 0 saturated carbocycles. The van der Waals surface area contributed by atoms with Crippen LogP contribution >= 0.6 is 0 Å². The second-order valence-corrected chi connectivity index (χ2v) is 6.45. The van der Waals surface area contributed by atoms with Crippen LogP contribution in [-0.4, -0.2) is 43.1 Å². The number of carbonyl (C=O) groups excluding carboxylic acids is 2. The highest BCUT2D eigenvalue weighted by Crippen LogP contribution is 2.24. The smallest absolute Gasteiger partial charge is 0.322 e. The van der Waals surface area contributed by atoms with Crippen LogP contribution in [0.25, 0.3) is 0 Å². The second kappa shape index (κ2) is 7.65. The molecule has 1 aliphatic rings. The number of hydrogen-bond donors (Lipinski definition) is 1. The second-order valence-electron chi connectivity index (χ2n) is 6.45. The fraction of sp³-hybridized carbons (Fsp3) is 0.300. The average Bonchev–Trinajstić information content (AvgIpc) is 2.67. The molecule has 1 saturated heterocycles. The summed E-state index contributed by atoms with van der Waals surface area (Å²) in [6.45, 7) is 4.23. The molecule has 0 aromatic heterocycles. The van der Waals surface area contributed by atoms with Crippen molar-refractivity contribution in [3.63, 3.8) is 0 Å². The molecular weight excluding hydrogens is 349 g/mol. The molecule has 6 nitrogen and oxygen atoms in total. The SMILES string of the molecule is COc1ccc(N2CCN(C(=O)Nc3cc(F)ccc3C)[C@H](C)C2=O)cc1. The lowest BCUT2D eigenvalue weighted by atomic mass is 10.1. The van der Waals surface area contributed by atoms with E-state index < -0.39 is 17.9 Å². The minimum atomic E-state index is -0.630. The molecule has 0 bridgehead atoms. The maximum Gasteiger partial charge on any atom is 0.322 e. The lowest BCUT2D eigenvalue weighted by molar-refractivity contribution is -0.123. The molecule has 7 heteroatoms. The van der Waals surface area contributed by atoms with Gasteiger partial charge in [0.05, 0.1) is 7.11 Å². The van der Waals surface area contributed by atoms with Gasteiger partial charge in [-0.3, -0.25) is 4.79 Å². The number of piperazine rings is 1. The first kappa shape index (κ1) is 18.7. The molecule has 1 aliphatic heterocycles. The van der Waals surface area contributed by atoms with Gasteiger partial charge >= 0.3 is 6.03 Å². The maximum atomic E-state index is 13.4. The van der Waals surface area contributed by atoms with Gasteiger partial charge in [-0.2, -0.15) is 0 Å². The summed E-state index contributed by atoms with van der Waals surface area (Å²) in [5.41, 5.74) is 1.91. The number of methoxy groups -OCH3 is 1. The highest BCUT2D eigenvalue weighted by Gasteiger charge is 2.35. The molecule has 1 N–H and O–H groups in total. The lowest BCUT2D eigenvalue weighted by Gasteiger charge is -2.39. The van der Waals surface area contributed by atoms with Gasteiger partial charge in [-0.05, 0) is 55.8 Å². The molecule has 0 aliphatic carbocycles. The molecule has 0 unspecified atom stereocenters. The number of urea groups is 1. The standard InChI is InChI=1S/C20H22FN3O3/c1-13-4-5-15(21)12-18(13)22-20(26)23-10-11-24(19(25)14(23)2)16-6-8-17(27-3)9-7-16/h4-9,12,14H,10-11H2,1-3H3,(H,22,26)/t14-/m1/s1. The number of amides is 3. The summed E-state index contributed by atoms with van der Waals surface area (Å²) in [5.74, 6) is 0.115. The first-order valence-corrected chi connectivity index (χ1v) is 8.70. The van der Waals surface area contributed by atoms with Gasteiger partial charge in [-0.15, -0.1) is 0 Å². The van der Waals surface area contributed by atoms with Crippen molar-refractivity contribution < 1.29 is 18.7 Å². The zero-order valence-electron chi connectivity index (χ0n) is 15.5. The van der Waals surface area contributed by atoms with Crippen molar-refractivity contribution in [3.8, 4) is 5.75 Å². The van der Waals surface area contributed by atoms with Gasteiger partial charge in [0.15, 0.2) is 0 Å². The fourth-order valence-electron chi connectivity index (χ4n) is 3.08. The van der Waals surface area contributed by atoms with Crippen LogP contribution in [-0.2, 0) is 4.79 Å². The van der Waals surface area contributed by atoms with Crippen molar-refractivity contribution in [2.75, 3.05) is 30.4 Å². The summed E-state index contributed by atoms with van der Waals surface area (Å²) >= 11 is 0. The molecule has 1 fully saturated rings. The Morgan fingerprint density at radius 1 is 1.19 bits per heavy atom. The number of nitrogens with one attached hydrogen (secondary N) is 1. The molecule has 2 aromatic rings. The van der Waals surface area contributed by atoms with Crippen molar-refractivity contribution >= 4 is 23.3 Å².